The van der Waals surface area contributed by atoms with Crippen LogP contribution in [-0.4, -0.2) is 88.2 Å². The first-order chi connectivity index (χ1) is 26.9. The average Bonchev–Trinajstić information content (AvgIpc) is 4.02. The molecular formula is C43H48N6O7. The molecule has 7 rings (SSSR count). The average molecular weight is 761 g/mol. The molecular weight excluding hydrogens is 713 g/mol. The smallest absolute Gasteiger partial charge is 0.408 e. The van der Waals surface area contributed by atoms with Gasteiger partial charge in [0.05, 0.1) is 37.5 Å². The Hall–Kier alpha value is -5.98. The van der Waals surface area contributed by atoms with Crippen LogP contribution in [0, 0.1) is 11.8 Å². The third-order valence-corrected chi connectivity index (χ3v) is 10.6. The number of aromatic nitrogens is 2. The number of esters is 1. The van der Waals surface area contributed by atoms with E-state index in [0.717, 1.165) is 18.4 Å². The molecule has 0 unspecified atom stereocenters. The van der Waals surface area contributed by atoms with Gasteiger partial charge in [-0.05, 0) is 56.9 Å². The van der Waals surface area contributed by atoms with Gasteiger partial charge >= 0.3 is 12.1 Å². The maximum Gasteiger partial charge on any atom is 0.408 e. The molecule has 13 nitrogen and oxygen atoms in total. The number of ether oxygens (including phenoxy) is 2. The Morgan fingerprint density at radius 2 is 1.32 bits per heavy atom. The summed E-state index contributed by atoms with van der Waals surface area (Å²) in [5, 5.41) is 8.91. The van der Waals surface area contributed by atoms with Crippen molar-refractivity contribution in [1.82, 2.24) is 30.4 Å². The van der Waals surface area contributed by atoms with Gasteiger partial charge in [0.25, 0.3) is 5.91 Å². The molecule has 3 aromatic carbocycles. The number of carbonyl (C=O) groups is 5. The van der Waals surface area contributed by atoms with Crippen molar-refractivity contribution in [2.75, 3.05) is 20.2 Å². The molecule has 4 amide bonds. The van der Waals surface area contributed by atoms with E-state index < -0.39 is 35.5 Å². The minimum atomic E-state index is -1.02. The van der Waals surface area contributed by atoms with E-state index in [-0.39, 0.29) is 61.3 Å². The number of imidazole rings is 1. The lowest BCUT2D eigenvalue weighted by atomic mass is 9.94. The van der Waals surface area contributed by atoms with Crippen molar-refractivity contribution in [3.05, 3.63) is 114 Å². The van der Waals surface area contributed by atoms with Crippen LogP contribution in [0.5, 0.6) is 0 Å². The third kappa shape index (κ3) is 9.10. The zero-order valence-electron chi connectivity index (χ0n) is 32.0. The van der Waals surface area contributed by atoms with Crippen LogP contribution >= 0.6 is 0 Å². The van der Waals surface area contributed by atoms with Gasteiger partial charge in [-0.25, -0.2) is 14.6 Å². The number of benzene rings is 3. The van der Waals surface area contributed by atoms with E-state index in [9.17, 15) is 24.0 Å². The third-order valence-electron chi connectivity index (χ3n) is 10.6. The Morgan fingerprint density at radius 1 is 0.786 bits per heavy atom. The summed E-state index contributed by atoms with van der Waals surface area (Å²) in [7, 11) is 1.24. The fourth-order valence-electron chi connectivity index (χ4n) is 7.48. The maximum absolute atomic E-state index is 13.9. The van der Waals surface area contributed by atoms with E-state index in [0.29, 0.717) is 11.3 Å². The SMILES string of the molecule is COC(=O)[C@H](Cn1cnc(-c2ccc(C(=O)N3C[C@@H](C(=O)N[C@H]4C[C@@H]4c4ccccc4)[C@H](C(=O)N[C@H]4C[C@@H]4c4ccccc4)C3)cc2)c1)NC(=O)OC(C)(C)C. The van der Waals surface area contributed by atoms with Gasteiger partial charge in [0, 0.05) is 54.3 Å². The van der Waals surface area contributed by atoms with Crippen LogP contribution in [0.3, 0.4) is 0 Å². The number of carbonyl (C=O) groups excluding carboxylic acids is 5. The molecule has 0 spiro atoms. The Labute approximate surface area is 326 Å². The number of hydrogen-bond acceptors (Lipinski definition) is 8. The van der Waals surface area contributed by atoms with Crippen LogP contribution in [0.4, 0.5) is 4.79 Å². The summed E-state index contributed by atoms with van der Waals surface area (Å²) >= 11 is 0. The second-order valence-corrected chi connectivity index (χ2v) is 15.9. The first kappa shape index (κ1) is 38.3. The lowest BCUT2D eigenvalue weighted by molar-refractivity contribution is -0.143. The Balaban J connectivity index is 1.01. The predicted octanol–water partition coefficient (Wildman–Crippen LogP) is 4.65. The number of amides is 4. The molecule has 4 aromatic rings. The maximum atomic E-state index is 13.9. The minimum Gasteiger partial charge on any atom is -0.467 e. The van der Waals surface area contributed by atoms with E-state index >= 15 is 0 Å². The standard InChI is InChI=1S/C43H48N6O7/c1-43(2,3)56-42(54)47-37(41(53)55-4)24-48-23-36(44-25-48)28-15-17-29(18-16-28)40(52)49-21-32(38(50)45-34-19-30(34)26-11-7-5-8-12-26)33(22-49)39(51)46-35-20-31(35)27-13-9-6-10-14-27/h5-18,23,25,30-35,37H,19-22,24H2,1-4H3,(H,45,50)(H,46,51)(H,47,54)/t30-,31-,32-,33-,34+,35+,37+/m1/s1. The number of nitrogens with one attached hydrogen (secondary N) is 3. The molecule has 7 atom stereocenters. The van der Waals surface area contributed by atoms with Gasteiger partial charge in [-0.15, -0.1) is 0 Å². The molecule has 0 bridgehead atoms. The Kier molecular flexibility index (Phi) is 11.0. The van der Waals surface area contributed by atoms with Crippen LogP contribution in [0.2, 0.25) is 0 Å². The van der Waals surface area contributed by atoms with Gasteiger partial charge in [0.2, 0.25) is 11.8 Å². The molecule has 1 aromatic heterocycles. The van der Waals surface area contributed by atoms with E-state index in [4.69, 9.17) is 9.47 Å². The molecule has 2 heterocycles. The van der Waals surface area contributed by atoms with Crippen molar-refractivity contribution < 1.29 is 33.4 Å². The monoisotopic (exact) mass is 760 g/mol. The molecule has 1 saturated heterocycles. The molecule has 13 heteroatoms. The molecule has 3 N–H and O–H groups in total. The number of hydrogen-bond donors (Lipinski definition) is 3. The highest BCUT2D eigenvalue weighted by molar-refractivity contribution is 5.97. The molecule has 2 saturated carbocycles. The van der Waals surface area contributed by atoms with Gasteiger partial charge in [-0.1, -0.05) is 72.8 Å². The second-order valence-electron chi connectivity index (χ2n) is 15.9. The summed E-state index contributed by atoms with van der Waals surface area (Å²) in [6.45, 7) is 5.49. The summed E-state index contributed by atoms with van der Waals surface area (Å²) in [4.78, 5) is 72.4. The summed E-state index contributed by atoms with van der Waals surface area (Å²) < 4.78 is 11.8. The van der Waals surface area contributed by atoms with Crippen molar-refractivity contribution in [3.63, 3.8) is 0 Å². The first-order valence-electron chi connectivity index (χ1n) is 19.1. The molecule has 0 radical (unpaired) electrons. The van der Waals surface area contributed by atoms with E-state index in [1.165, 1.54) is 24.6 Å². The van der Waals surface area contributed by atoms with Crippen molar-refractivity contribution in [2.24, 2.45) is 11.8 Å². The molecule has 292 valence electrons. The largest absolute Gasteiger partial charge is 0.467 e. The van der Waals surface area contributed by atoms with Crippen molar-refractivity contribution in [1.29, 1.82) is 0 Å². The van der Waals surface area contributed by atoms with E-state index in [2.05, 4.69) is 45.2 Å². The molecule has 1 aliphatic heterocycles. The van der Waals surface area contributed by atoms with Crippen LogP contribution in [0.15, 0.2) is 97.5 Å². The van der Waals surface area contributed by atoms with Gasteiger partial charge in [-0.2, -0.15) is 0 Å². The second kappa shape index (κ2) is 16.0. The number of nitrogens with zero attached hydrogens (tertiary/aromatic N) is 3. The zero-order valence-corrected chi connectivity index (χ0v) is 32.0. The topological polar surface area (TPSA) is 161 Å². The van der Waals surface area contributed by atoms with Gasteiger partial charge in [0.15, 0.2) is 0 Å². The summed E-state index contributed by atoms with van der Waals surface area (Å²) in [6, 6.07) is 26.1. The number of alkyl carbamates (subject to hydrolysis) is 1. The number of methoxy groups -OCH3 is 1. The zero-order chi connectivity index (χ0) is 39.6. The van der Waals surface area contributed by atoms with Crippen molar-refractivity contribution in [2.45, 2.75) is 75.7 Å². The lowest BCUT2D eigenvalue weighted by Crippen LogP contribution is -2.46. The van der Waals surface area contributed by atoms with Crippen molar-refractivity contribution in [3.8, 4) is 11.3 Å². The van der Waals surface area contributed by atoms with Crippen LogP contribution in [-0.2, 0) is 30.4 Å². The summed E-state index contributed by atoms with van der Waals surface area (Å²) in [6.07, 6.45) is 4.19. The highest BCUT2D eigenvalue weighted by Gasteiger charge is 2.49. The predicted molar refractivity (Wildman–Crippen MR) is 207 cm³/mol. The van der Waals surface area contributed by atoms with Crippen LogP contribution in [0.25, 0.3) is 11.3 Å². The minimum absolute atomic E-state index is 0.00661. The van der Waals surface area contributed by atoms with E-state index in [1.54, 1.807) is 60.7 Å². The first-order valence-corrected chi connectivity index (χ1v) is 19.1. The quantitative estimate of drug-likeness (QED) is 0.176. The van der Waals surface area contributed by atoms with Gasteiger partial charge < -0.3 is 34.9 Å². The van der Waals surface area contributed by atoms with Gasteiger partial charge in [-0.3, -0.25) is 14.4 Å². The fourth-order valence-corrected chi connectivity index (χ4v) is 7.48. The van der Waals surface area contributed by atoms with Crippen LogP contribution < -0.4 is 16.0 Å². The van der Waals surface area contributed by atoms with Crippen LogP contribution in [0.1, 0.15) is 66.9 Å². The highest BCUT2D eigenvalue weighted by Crippen LogP contribution is 2.42. The summed E-state index contributed by atoms with van der Waals surface area (Å²) in [5.41, 5.74) is 3.33. The molecule has 3 aliphatic rings. The Bertz CT molecular complexity index is 1990. The Morgan fingerprint density at radius 3 is 1.82 bits per heavy atom. The highest BCUT2D eigenvalue weighted by atomic mass is 16.6. The summed E-state index contributed by atoms with van der Waals surface area (Å²) in [5.74, 6) is -2.23. The van der Waals surface area contributed by atoms with E-state index in [1.807, 2.05) is 36.4 Å². The lowest BCUT2D eigenvalue weighted by Gasteiger charge is -2.22. The normalized spacial score (nSPS) is 23.0. The number of likely N-dealkylation sites (tertiary alicyclic amines) is 1. The fraction of sp³-hybridized carbons (Fsp3) is 0.395. The molecule has 2 aliphatic carbocycles. The molecule has 3 fully saturated rings. The number of rotatable bonds is 12. The van der Waals surface area contributed by atoms with Crippen molar-refractivity contribution >= 4 is 29.8 Å². The molecule has 56 heavy (non-hydrogen) atoms. The van der Waals surface area contributed by atoms with Gasteiger partial charge in [0.1, 0.15) is 11.6 Å².